The average molecular weight is 454 g/mol. The Morgan fingerprint density at radius 1 is 1.12 bits per heavy atom. The second kappa shape index (κ2) is 9.10. The Hall–Kier alpha value is -2.61. The Kier molecular flexibility index (Phi) is 6.04. The van der Waals surface area contributed by atoms with Crippen LogP contribution >= 0.6 is 11.6 Å². The number of rotatable bonds is 5. The summed E-state index contributed by atoms with van der Waals surface area (Å²) < 4.78 is 7.65. The first-order chi connectivity index (χ1) is 15.6. The average Bonchev–Trinajstić information content (AvgIpc) is 3.19. The molecule has 3 aromatic rings. The van der Waals surface area contributed by atoms with Gasteiger partial charge in [-0.2, -0.15) is 0 Å². The lowest BCUT2D eigenvalue weighted by Gasteiger charge is -2.36. The largest absolute Gasteiger partial charge is 0.372 e. The lowest BCUT2D eigenvalue weighted by Crippen LogP contribution is -2.48. The molecule has 0 spiro atoms. The highest BCUT2D eigenvalue weighted by molar-refractivity contribution is 6.30. The third-order valence-electron chi connectivity index (χ3n) is 6.38. The second-order valence-electron chi connectivity index (χ2n) is 8.45. The molecular weight excluding hydrogens is 426 g/mol. The molecule has 3 heterocycles. The molecule has 1 aromatic heterocycles. The number of hydrogen-bond acceptors (Lipinski definition) is 5. The van der Waals surface area contributed by atoms with Gasteiger partial charge in [-0.3, -0.25) is 9.69 Å². The molecule has 1 saturated heterocycles. The molecule has 2 aliphatic rings. The number of aryl methyl sites for hydroxylation is 1. The number of ether oxygens (including phenoxy) is 1. The van der Waals surface area contributed by atoms with E-state index in [4.69, 9.17) is 16.3 Å². The number of piperazine rings is 1. The first kappa shape index (κ1) is 21.2. The maximum atomic E-state index is 12.7. The minimum Gasteiger partial charge on any atom is -0.372 e. The highest BCUT2D eigenvalue weighted by atomic mass is 35.5. The molecule has 0 atom stereocenters. The van der Waals surface area contributed by atoms with E-state index in [2.05, 4.69) is 37.7 Å². The van der Waals surface area contributed by atoms with Crippen LogP contribution in [0.2, 0.25) is 5.02 Å². The van der Waals surface area contributed by atoms with Crippen molar-refractivity contribution in [3.63, 3.8) is 0 Å². The monoisotopic (exact) mass is 453 g/mol. The van der Waals surface area contributed by atoms with Crippen molar-refractivity contribution < 1.29 is 9.53 Å². The van der Waals surface area contributed by atoms with E-state index in [1.165, 1.54) is 11.3 Å². The smallest absolute Gasteiger partial charge is 0.251 e. The van der Waals surface area contributed by atoms with Crippen molar-refractivity contribution in [3.05, 3.63) is 58.4 Å². The van der Waals surface area contributed by atoms with Gasteiger partial charge in [-0.15, -0.1) is 0 Å². The highest BCUT2D eigenvalue weighted by Gasteiger charge is 2.19. The van der Waals surface area contributed by atoms with E-state index in [-0.39, 0.29) is 5.91 Å². The first-order valence-electron chi connectivity index (χ1n) is 11.2. The van der Waals surface area contributed by atoms with Gasteiger partial charge in [0.15, 0.2) is 0 Å². The minimum absolute atomic E-state index is 0.0534. The number of benzene rings is 2. The van der Waals surface area contributed by atoms with Crippen molar-refractivity contribution in [1.29, 1.82) is 0 Å². The topological polar surface area (TPSA) is 62.6 Å². The number of halogens is 1. The summed E-state index contributed by atoms with van der Waals surface area (Å²) in [5.41, 5.74) is 5.03. The van der Waals surface area contributed by atoms with E-state index in [1.807, 2.05) is 30.3 Å². The van der Waals surface area contributed by atoms with E-state index in [0.717, 1.165) is 61.1 Å². The molecule has 0 unspecified atom stereocenters. The molecule has 1 N–H and O–H groups in total. The van der Waals surface area contributed by atoms with Crippen molar-refractivity contribution >= 4 is 34.2 Å². The van der Waals surface area contributed by atoms with Gasteiger partial charge < -0.3 is 19.5 Å². The molecule has 8 heteroatoms. The van der Waals surface area contributed by atoms with Gasteiger partial charge in [-0.1, -0.05) is 17.7 Å². The van der Waals surface area contributed by atoms with Gasteiger partial charge in [0.1, 0.15) is 12.4 Å². The maximum Gasteiger partial charge on any atom is 0.251 e. The number of aromatic nitrogens is 2. The maximum absolute atomic E-state index is 12.7. The molecule has 2 aliphatic heterocycles. The summed E-state index contributed by atoms with van der Waals surface area (Å²) in [4.78, 5) is 22.1. The zero-order valence-corrected chi connectivity index (χ0v) is 19.1. The van der Waals surface area contributed by atoms with E-state index in [1.54, 1.807) is 0 Å². The summed E-state index contributed by atoms with van der Waals surface area (Å²) in [6, 6.07) is 11.8. The van der Waals surface area contributed by atoms with Crippen molar-refractivity contribution in [2.24, 2.45) is 0 Å². The van der Waals surface area contributed by atoms with Gasteiger partial charge in [-0.25, -0.2) is 4.98 Å². The summed E-state index contributed by atoms with van der Waals surface area (Å²) in [6.07, 6.45) is 0. The lowest BCUT2D eigenvalue weighted by atomic mass is 10.1. The van der Waals surface area contributed by atoms with E-state index in [9.17, 15) is 4.79 Å². The highest BCUT2D eigenvalue weighted by Crippen LogP contribution is 2.25. The zero-order valence-electron chi connectivity index (χ0n) is 18.3. The minimum atomic E-state index is -0.0534. The molecule has 1 amide bonds. The third-order valence-corrected chi connectivity index (χ3v) is 6.61. The van der Waals surface area contributed by atoms with Crippen molar-refractivity contribution in [2.45, 2.75) is 20.1 Å². The second-order valence-corrected chi connectivity index (χ2v) is 8.89. The number of amides is 1. The van der Waals surface area contributed by atoms with Crippen LogP contribution in [0.3, 0.4) is 0 Å². The Bertz CT molecular complexity index is 1140. The van der Waals surface area contributed by atoms with Gasteiger partial charge in [0.25, 0.3) is 5.91 Å². The number of anilines is 1. The summed E-state index contributed by atoms with van der Waals surface area (Å²) in [5.74, 6) is 0.873. The number of nitrogens with one attached hydrogen (secondary N) is 1. The molecular formula is C24H28ClN5O2. The van der Waals surface area contributed by atoms with Crippen LogP contribution in [-0.2, 0) is 17.9 Å². The summed E-state index contributed by atoms with van der Waals surface area (Å²) in [7, 11) is 0. The summed E-state index contributed by atoms with van der Waals surface area (Å²) in [6.45, 7) is 9.48. The molecule has 2 aromatic carbocycles. The Labute approximate surface area is 192 Å². The molecule has 7 nitrogen and oxygen atoms in total. The molecule has 1 fully saturated rings. The molecule has 168 valence electrons. The Balaban J connectivity index is 1.13. The first-order valence-corrected chi connectivity index (χ1v) is 11.5. The predicted octanol–water partition coefficient (Wildman–Crippen LogP) is 3.08. The van der Waals surface area contributed by atoms with Crippen LogP contribution in [0.4, 0.5) is 5.69 Å². The summed E-state index contributed by atoms with van der Waals surface area (Å²) >= 11 is 6.18. The van der Waals surface area contributed by atoms with Gasteiger partial charge in [0, 0.05) is 62.1 Å². The van der Waals surface area contributed by atoms with Gasteiger partial charge >= 0.3 is 0 Å². The van der Waals surface area contributed by atoms with Crippen LogP contribution in [0.1, 0.15) is 21.7 Å². The normalized spacial score (nSPS) is 16.9. The van der Waals surface area contributed by atoms with E-state index in [0.29, 0.717) is 25.3 Å². The predicted molar refractivity (Wildman–Crippen MR) is 127 cm³/mol. The molecule has 5 rings (SSSR count). The van der Waals surface area contributed by atoms with Crippen molar-refractivity contribution in [2.75, 3.05) is 50.8 Å². The summed E-state index contributed by atoms with van der Waals surface area (Å²) in [5, 5.41) is 3.84. The van der Waals surface area contributed by atoms with Gasteiger partial charge in [-0.05, 0) is 42.8 Å². The number of nitrogens with zero attached hydrogens (tertiary/aromatic N) is 4. The van der Waals surface area contributed by atoms with Crippen LogP contribution in [0.5, 0.6) is 0 Å². The SMILES string of the molecule is Cc1ccc(Cl)cc1N1CCN(CCNC(=O)c2ccc3c(c2)nc2n3CCOC2)CC1. The third kappa shape index (κ3) is 4.33. The number of carbonyl (C=O) groups excluding carboxylic acids is 1. The molecule has 0 bridgehead atoms. The van der Waals surface area contributed by atoms with Crippen molar-refractivity contribution in [1.82, 2.24) is 19.8 Å². The van der Waals surface area contributed by atoms with Gasteiger partial charge in [0.2, 0.25) is 0 Å². The molecule has 0 saturated carbocycles. The number of imidazole rings is 1. The fourth-order valence-electron chi connectivity index (χ4n) is 4.57. The Morgan fingerprint density at radius 2 is 1.97 bits per heavy atom. The molecule has 32 heavy (non-hydrogen) atoms. The number of carbonyl (C=O) groups is 1. The van der Waals surface area contributed by atoms with E-state index < -0.39 is 0 Å². The van der Waals surface area contributed by atoms with Crippen LogP contribution in [0.15, 0.2) is 36.4 Å². The van der Waals surface area contributed by atoms with Crippen LogP contribution in [0.25, 0.3) is 11.0 Å². The van der Waals surface area contributed by atoms with Gasteiger partial charge in [0.05, 0.1) is 17.6 Å². The molecule has 0 radical (unpaired) electrons. The van der Waals surface area contributed by atoms with Crippen molar-refractivity contribution in [3.8, 4) is 0 Å². The zero-order chi connectivity index (χ0) is 22.1. The molecule has 0 aliphatic carbocycles. The van der Waals surface area contributed by atoms with Crippen LogP contribution in [-0.4, -0.2) is 66.2 Å². The quantitative estimate of drug-likeness (QED) is 0.643. The lowest BCUT2D eigenvalue weighted by molar-refractivity contribution is 0.0830. The number of fused-ring (bicyclic) bond motifs is 3. The van der Waals surface area contributed by atoms with Crippen LogP contribution < -0.4 is 10.2 Å². The fraction of sp³-hybridized carbons (Fsp3) is 0.417. The Morgan fingerprint density at radius 3 is 2.81 bits per heavy atom. The van der Waals surface area contributed by atoms with E-state index >= 15 is 0 Å². The van der Waals surface area contributed by atoms with Crippen LogP contribution in [0, 0.1) is 6.92 Å². The fourth-order valence-corrected chi connectivity index (χ4v) is 4.73. The standard InChI is InChI=1S/C24H28ClN5O2/c1-17-2-4-19(25)15-22(17)29-10-8-28(9-11-29)7-6-26-24(31)18-3-5-21-20(14-18)27-23-16-32-13-12-30(21)23/h2-5,14-15H,6-13,16H2,1H3,(H,26,31). The number of hydrogen-bond donors (Lipinski definition) is 1.